The van der Waals surface area contributed by atoms with Crippen molar-refractivity contribution < 1.29 is 28.6 Å². The molecule has 0 aliphatic carbocycles. The third-order valence-electron chi connectivity index (χ3n) is 5.82. The second-order valence-electron chi connectivity index (χ2n) is 8.74. The highest BCUT2D eigenvalue weighted by atomic mass is 79.9. The number of hydrazone groups is 1. The molecule has 0 saturated carbocycles. The number of carbonyl (C=O) groups excluding carboxylic acids is 3. The molecule has 1 aliphatic rings. The third kappa shape index (κ3) is 6.36. The van der Waals surface area contributed by atoms with Crippen molar-refractivity contribution in [3.8, 4) is 17.2 Å². The fourth-order valence-corrected chi connectivity index (χ4v) is 4.23. The van der Waals surface area contributed by atoms with Gasteiger partial charge in [0.15, 0.2) is 11.5 Å². The van der Waals surface area contributed by atoms with E-state index in [4.69, 9.17) is 14.2 Å². The third-order valence-corrected chi connectivity index (χ3v) is 6.31. The zero-order valence-corrected chi connectivity index (χ0v) is 22.7. The SMILES string of the molecule is Cc1cccc(C(=O)Oc2ccc(Br)cc2C=NNC(=O)c2cccc(NC(=O)c3ccc4c(c3)OCO4)c2)c1. The number of esters is 1. The summed E-state index contributed by atoms with van der Waals surface area (Å²) in [4.78, 5) is 38.1. The van der Waals surface area contributed by atoms with Crippen molar-refractivity contribution in [2.45, 2.75) is 6.92 Å². The second kappa shape index (κ2) is 11.8. The van der Waals surface area contributed by atoms with Gasteiger partial charge in [-0.3, -0.25) is 9.59 Å². The first kappa shape index (κ1) is 26.6. The average molecular weight is 600 g/mol. The fourth-order valence-electron chi connectivity index (χ4n) is 3.85. The Morgan fingerprint density at radius 3 is 2.48 bits per heavy atom. The topological polar surface area (TPSA) is 115 Å². The van der Waals surface area contributed by atoms with Gasteiger partial charge in [0.1, 0.15) is 5.75 Å². The normalized spacial score (nSPS) is 11.8. The number of ether oxygens (including phenoxy) is 3. The molecule has 0 unspecified atom stereocenters. The molecule has 40 heavy (non-hydrogen) atoms. The number of benzene rings is 4. The Hall–Kier alpha value is -4.96. The smallest absolute Gasteiger partial charge is 0.343 e. The molecule has 0 atom stereocenters. The quantitative estimate of drug-likeness (QED) is 0.121. The molecular weight excluding hydrogens is 578 g/mol. The first-order valence-corrected chi connectivity index (χ1v) is 12.9. The number of hydrogen-bond donors (Lipinski definition) is 2. The Morgan fingerprint density at radius 1 is 0.850 bits per heavy atom. The summed E-state index contributed by atoms with van der Waals surface area (Å²) in [5.74, 6) is -0.0161. The van der Waals surface area contributed by atoms with Gasteiger partial charge in [0.2, 0.25) is 6.79 Å². The lowest BCUT2D eigenvalue weighted by atomic mass is 10.1. The molecule has 0 spiro atoms. The summed E-state index contributed by atoms with van der Waals surface area (Å²) in [5.41, 5.74) is 5.38. The number of nitrogens with one attached hydrogen (secondary N) is 2. The molecule has 10 heteroatoms. The van der Waals surface area contributed by atoms with Crippen LogP contribution in [-0.4, -0.2) is 30.8 Å². The Kier molecular flexibility index (Phi) is 7.88. The molecule has 0 bridgehead atoms. The first-order chi connectivity index (χ1) is 19.4. The zero-order chi connectivity index (χ0) is 28.1. The van der Waals surface area contributed by atoms with Crippen LogP contribution < -0.4 is 25.0 Å². The highest BCUT2D eigenvalue weighted by molar-refractivity contribution is 9.10. The molecule has 5 rings (SSSR count). The molecule has 2 N–H and O–H groups in total. The van der Waals surface area contributed by atoms with Crippen LogP contribution in [0.25, 0.3) is 0 Å². The van der Waals surface area contributed by atoms with Crippen LogP contribution in [0.3, 0.4) is 0 Å². The Labute approximate surface area is 237 Å². The maximum atomic E-state index is 12.8. The van der Waals surface area contributed by atoms with Gasteiger partial charge in [-0.1, -0.05) is 39.7 Å². The van der Waals surface area contributed by atoms with Crippen molar-refractivity contribution in [3.63, 3.8) is 0 Å². The predicted molar refractivity (Wildman–Crippen MR) is 152 cm³/mol. The van der Waals surface area contributed by atoms with Crippen LogP contribution in [0, 0.1) is 6.92 Å². The molecule has 9 nitrogen and oxygen atoms in total. The number of rotatable bonds is 7. The van der Waals surface area contributed by atoms with E-state index in [1.165, 1.54) is 12.3 Å². The lowest BCUT2D eigenvalue weighted by Crippen LogP contribution is -2.18. The molecular formula is C30H22BrN3O6. The van der Waals surface area contributed by atoms with Crippen LogP contribution >= 0.6 is 15.9 Å². The number of hydrogen-bond acceptors (Lipinski definition) is 7. The van der Waals surface area contributed by atoms with Crippen molar-refractivity contribution in [1.29, 1.82) is 0 Å². The zero-order valence-electron chi connectivity index (χ0n) is 21.1. The van der Waals surface area contributed by atoms with Crippen molar-refractivity contribution in [2.24, 2.45) is 5.10 Å². The summed E-state index contributed by atoms with van der Waals surface area (Å²) < 4.78 is 16.9. The molecule has 1 aliphatic heterocycles. The molecule has 200 valence electrons. The minimum Gasteiger partial charge on any atom is -0.454 e. The van der Waals surface area contributed by atoms with Crippen LogP contribution in [0.1, 0.15) is 42.2 Å². The molecule has 4 aromatic rings. The number of halogens is 1. The van der Waals surface area contributed by atoms with Gasteiger partial charge in [-0.25, -0.2) is 10.2 Å². The number of carbonyl (C=O) groups is 3. The maximum Gasteiger partial charge on any atom is 0.343 e. The summed E-state index contributed by atoms with van der Waals surface area (Å²) >= 11 is 3.40. The van der Waals surface area contributed by atoms with Crippen molar-refractivity contribution in [3.05, 3.63) is 117 Å². The number of amides is 2. The Balaban J connectivity index is 1.24. The van der Waals surface area contributed by atoms with E-state index < -0.39 is 11.9 Å². The van der Waals surface area contributed by atoms with E-state index in [2.05, 4.69) is 31.8 Å². The van der Waals surface area contributed by atoms with Gasteiger partial charge in [-0.15, -0.1) is 0 Å². The molecule has 0 aromatic heterocycles. The fraction of sp³-hybridized carbons (Fsp3) is 0.0667. The van der Waals surface area contributed by atoms with Gasteiger partial charge in [0.25, 0.3) is 11.8 Å². The maximum absolute atomic E-state index is 12.8. The Morgan fingerprint density at radius 2 is 1.62 bits per heavy atom. The van der Waals surface area contributed by atoms with Crippen LogP contribution in [-0.2, 0) is 0 Å². The van der Waals surface area contributed by atoms with E-state index in [1.807, 2.05) is 13.0 Å². The lowest BCUT2D eigenvalue weighted by molar-refractivity contribution is 0.0733. The van der Waals surface area contributed by atoms with E-state index in [-0.39, 0.29) is 24.0 Å². The van der Waals surface area contributed by atoms with Crippen LogP contribution in [0.5, 0.6) is 17.2 Å². The summed E-state index contributed by atoms with van der Waals surface area (Å²) in [6.07, 6.45) is 1.38. The average Bonchev–Trinajstić information content (AvgIpc) is 3.42. The number of fused-ring (bicyclic) bond motifs is 1. The summed E-state index contributed by atoms with van der Waals surface area (Å²) in [6.45, 7) is 2.00. The van der Waals surface area contributed by atoms with E-state index in [0.717, 1.165) is 10.0 Å². The minimum atomic E-state index is -0.510. The van der Waals surface area contributed by atoms with E-state index in [0.29, 0.717) is 33.9 Å². The standard InChI is InChI=1S/C30H22BrN3O6/c1-18-4-2-6-21(12-18)30(37)40-25-11-9-23(31)13-22(25)16-32-34-29(36)19-5-3-7-24(14-19)33-28(35)20-8-10-26-27(15-20)39-17-38-26/h2-16H,17H2,1H3,(H,33,35)(H,34,36). The highest BCUT2D eigenvalue weighted by Crippen LogP contribution is 2.32. The summed E-state index contributed by atoms with van der Waals surface area (Å²) in [7, 11) is 0. The Bertz CT molecular complexity index is 1650. The van der Waals surface area contributed by atoms with Crippen LogP contribution in [0.2, 0.25) is 0 Å². The van der Waals surface area contributed by atoms with Gasteiger partial charge in [0, 0.05) is 26.9 Å². The van der Waals surface area contributed by atoms with Gasteiger partial charge >= 0.3 is 5.97 Å². The van der Waals surface area contributed by atoms with E-state index in [1.54, 1.807) is 72.8 Å². The van der Waals surface area contributed by atoms with Gasteiger partial charge < -0.3 is 19.5 Å². The number of anilines is 1. The summed E-state index contributed by atoms with van der Waals surface area (Å²) in [5, 5.41) is 6.80. The van der Waals surface area contributed by atoms with Crippen LogP contribution in [0.4, 0.5) is 5.69 Å². The second-order valence-corrected chi connectivity index (χ2v) is 9.66. The molecule has 1 heterocycles. The molecule has 0 radical (unpaired) electrons. The summed E-state index contributed by atoms with van der Waals surface area (Å²) in [6, 6.07) is 23.5. The highest BCUT2D eigenvalue weighted by Gasteiger charge is 2.17. The van der Waals surface area contributed by atoms with Gasteiger partial charge in [0.05, 0.1) is 11.8 Å². The minimum absolute atomic E-state index is 0.113. The van der Waals surface area contributed by atoms with Crippen molar-refractivity contribution in [2.75, 3.05) is 12.1 Å². The van der Waals surface area contributed by atoms with E-state index >= 15 is 0 Å². The van der Waals surface area contributed by atoms with Crippen molar-refractivity contribution in [1.82, 2.24) is 5.43 Å². The van der Waals surface area contributed by atoms with Crippen molar-refractivity contribution >= 4 is 45.6 Å². The first-order valence-electron chi connectivity index (χ1n) is 12.1. The molecule has 4 aromatic carbocycles. The van der Waals surface area contributed by atoms with Gasteiger partial charge in [-0.2, -0.15) is 5.10 Å². The molecule has 2 amide bonds. The molecule has 0 fully saturated rings. The number of aryl methyl sites for hydroxylation is 1. The predicted octanol–water partition coefficient (Wildman–Crippen LogP) is 5.72. The van der Waals surface area contributed by atoms with Gasteiger partial charge in [-0.05, 0) is 73.7 Å². The lowest BCUT2D eigenvalue weighted by Gasteiger charge is -2.09. The number of nitrogens with zero attached hydrogens (tertiary/aromatic N) is 1. The monoisotopic (exact) mass is 599 g/mol. The largest absolute Gasteiger partial charge is 0.454 e. The van der Waals surface area contributed by atoms with Crippen LogP contribution in [0.15, 0.2) is 94.5 Å². The van der Waals surface area contributed by atoms with E-state index in [9.17, 15) is 14.4 Å². The molecule has 0 saturated heterocycles.